The van der Waals surface area contributed by atoms with Crippen LogP contribution in [-0.4, -0.2) is 16.5 Å². The van der Waals surface area contributed by atoms with Crippen LogP contribution in [0, 0.1) is 40.9 Å². The Hall–Kier alpha value is -1.07. The Bertz CT molecular complexity index is 626. The first-order chi connectivity index (χ1) is 10.8. The van der Waals surface area contributed by atoms with E-state index in [1.807, 2.05) is 6.08 Å². The number of terminal acetylenes is 1. The average molecular weight is 312 g/mol. The van der Waals surface area contributed by atoms with Gasteiger partial charge in [0.1, 0.15) is 5.60 Å². The van der Waals surface area contributed by atoms with Crippen LogP contribution in [0.2, 0.25) is 0 Å². The highest BCUT2D eigenvalue weighted by atomic mass is 16.3. The fraction of sp³-hybridized carbons (Fsp3) is 0.762. The normalized spacial score (nSPS) is 52.0. The van der Waals surface area contributed by atoms with Crippen LogP contribution >= 0.6 is 0 Å². The number of ketones is 1. The first-order valence-electron chi connectivity index (χ1n) is 9.28. The Kier molecular flexibility index (Phi) is 3.18. The van der Waals surface area contributed by atoms with E-state index in [0.29, 0.717) is 30.0 Å². The summed E-state index contributed by atoms with van der Waals surface area (Å²) in [4.78, 5) is 11.8. The van der Waals surface area contributed by atoms with Crippen LogP contribution < -0.4 is 0 Å². The van der Waals surface area contributed by atoms with Gasteiger partial charge in [0.15, 0.2) is 5.78 Å². The van der Waals surface area contributed by atoms with Crippen molar-refractivity contribution in [1.29, 1.82) is 0 Å². The highest BCUT2D eigenvalue weighted by Crippen LogP contribution is 2.67. The Morgan fingerprint density at radius 1 is 1.13 bits per heavy atom. The van der Waals surface area contributed by atoms with Gasteiger partial charge in [-0.2, -0.15) is 0 Å². The number of hydrogen-bond acceptors (Lipinski definition) is 2. The van der Waals surface area contributed by atoms with Crippen LogP contribution in [0.3, 0.4) is 0 Å². The molecule has 0 heterocycles. The number of fused-ring (bicyclic) bond motifs is 5. The van der Waals surface area contributed by atoms with Gasteiger partial charge in [-0.25, -0.2) is 0 Å². The molecule has 2 nitrogen and oxygen atoms in total. The zero-order chi connectivity index (χ0) is 16.5. The number of hydrogen-bond donors (Lipinski definition) is 1. The Labute approximate surface area is 139 Å². The van der Waals surface area contributed by atoms with E-state index in [-0.39, 0.29) is 10.8 Å². The molecule has 4 rings (SSSR count). The molecule has 6 atom stereocenters. The molecule has 3 saturated carbocycles. The highest BCUT2D eigenvalue weighted by Gasteiger charge is 2.63. The summed E-state index contributed by atoms with van der Waals surface area (Å²) in [5.41, 5.74) is 0.575. The monoisotopic (exact) mass is 312 g/mol. The van der Waals surface area contributed by atoms with Gasteiger partial charge in [-0.1, -0.05) is 25.3 Å². The number of allylic oxidation sites excluding steroid dienone is 1. The molecule has 4 aliphatic carbocycles. The third kappa shape index (κ3) is 1.84. The highest BCUT2D eigenvalue weighted by molar-refractivity contribution is 5.91. The summed E-state index contributed by atoms with van der Waals surface area (Å²) in [5, 5.41) is 11.0. The molecule has 0 aromatic heterocycles. The van der Waals surface area contributed by atoms with E-state index >= 15 is 0 Å². The third-order valence-electron chi connectivity index (χ3n) is 8.35. The van der Waals surface area contributed by atoms with E-state index in [9.17, 15) is 9.90 Å². The van der Waals surface area contributed by atoms with Gasteiger partial charge in [0.05, 0.1) is 0 Å². The van der Waals surface area contributed by atoms with Crippen LogP contribution in [0.15, 0.2) is 11.6 Å². The summed E-state index contributed by atoms with van der Waals surface area (Å²) in [6.45, 7) is 4.63. The van der Waals surface area contributed by atoms with Crippen LogP contribution in [0.25, 0.3) is 0 Å². The average Bonchev–Trinajstić information content (AvgIpc) is 2.80. The molecule has 0 saturated heterocycles. The lowest BCUT2D eigenvalue weighted by molar-refractivity contribution is -0.119. The molecule has 3 fully saturated rings. The van der Waals surface area contributed by atoms with E-state index in [1.54, 1.807) is 0 Å². The maximum absolute atomic E-state index is 11.8. The molecule has 0 spiro atoms. The smallest absolute Gasteiger partial charge is 0.155 e. The van der Waals surface area contributed by atoms with Gasteiger partial charge < -0.3 is 5.11 Å². The topological polar surface area (TPSA) is 37.3 Å². The van der Waals surface area contributed by atoms with Crippen molar-refractivity contribution in [3.63, 3.8) is 0 Å². The summed E-state index contributed by atoms with van der Waals surface area (Å²) >= 11 is 0. The van der Waals surface area contributed by atoms with Crippen LogP contribution in [0.5, 0.6) is 0 Å². The lowest BCUT2D eigenvalue weighted by atomic mass is 9.46. The summed E-state index contributed by atoms with van der Waals surface area (Å²) in [5.74, 6) is 4.93. The molecule has 23 heavy (non-hydrogen) atoms. The second-order valence-electron chi connectivity index (χ2n) is 8.97. The van der Waals surface area contributed by atoms with E-state index in [2.05, 4.69) is 19.8 Å². The first kappa shape index (κ1) is 15.5. The predicted octanol–water partition coefficient (Wildman–Crippen LogP) is 3.88. The van der Waals surface area contributed by atoms with Crippen molar-refractivity contribution in [3.05, 3.63) is 11.6 Å². The fourth-order valence-corrected chi connectivity index (χ4v) is 6.81. The Morgan fingerprint density at radius 3 is 2.61 bits per heavy atom. The number of carbonyl (C=O) groups excluding carboxylic acids is 1. The summed E-state index contributed by atoms with van der Waals surface area (Å²) in [6, 6.07) is 0. The molecular formula is C21H28O2. The maximum atomic E-state index is 11.8. The third-order valence-corrected chi connectivity index (χ3v) is 8.35. The zero-order valence-electron chi connectivity index (χ0n) is 14.4. The molecule has 0 unspecified atom stereocenters. The maximum Gasteiger partial charge on any atom is 0.155 e. The Morgan fingerprint density at radius 2 is 1.87 bits per heavy atom. The minimum Gasteiger partial charge on any atom is -0.377 e. The van der Waals surface area contributed by atoms with Crippen LogP contribution in [-0.2, 0) is 4.79 Å². The van der Waals surface area contributed by atoms with Crippen molar-refractivity contribution in [2.45, 2.75) is 70.8 Å². The first-order valence-corrected chi connectivity index (χ1v) is 9.28. The second-order valence-corrected chi connectivity index (χ2v) is 8.97. The van der Waals surface area contributed by atoms with E-state index < -0.39 is 5.60 Å². The molecule has 2 heteroatoms. The zero-order valence-corrected chi connectivity index (χ0v) is 14.4. The lowest BCUT2D eigenvalue weighted by Gasteiger charge is -2.58. The van der Waals surface area contributed by atoms with Crippen molar-refractivity contribution >= 4 is 5.78 Å². The van der Waals surface area contributed by atoms with Gasteiger partial charge in [-0.3, -0.25) is 4.79 Å². The van der Waals surface area contributed by atoms with E-state index in [4.69, 9.17) is 6.42 Å². The molecular weight excluding hydrogens is 284 g/mol. The van der Waals surface area contributed by atoms with Gasteiger partial charge >= 0.3 is 0 Å². The molecule has 1 N–H and O–H groups in total. The molecule has 0 aliphatic heterocycles. The standard InChI is InChI=1S/C21H28O2/c1-4-21(23)12-9-18-16-6-5-14-13-15(22)7-10-19(14,2)17(16)8-11-20(18,21)3/h1,13,16-18,23H,5-12H2,2-3H3/t16-,17-,18+,19+,20+,21+/m0/s1. The van der Waals surface area contributed by atoms with E-state index in [1.165, 1.54) is 12.0 Å². The fourth-order valence-electron chi connectivity index (χ4n) is 6.81. The number of rotatable bonds is 0. The second kappa shape index (κ2) is 4.73. The molecule has 124 valence electrons. The SMILES string of the molecule is C#C[C@@]1(O)CC[C@@H]2[C@H]3CCC4=CC(=O)CC[C@@]4(C)[C@H]3CC[C@]21C. The lowest BCUT2D eigenvalue weighted by Crippen LogP contribution is -2.54. The van der Waals surface area contributed by atoms with Gasteiger partial charge in [-0.05, 0) is 74.2 Å². The molecule has 0 amide bonds. The van der Waals surface area contributed by atoms with E-state index in [0.717, 1.165) is 38.5 Å². The van der Waals surface area contributed by atoms with Crippen molar-refractivity contribution in [2.24, 2.45) is 28.6 Å². The van der Waals surface area contributed by atoms with Crippen molar-refractivity contribution in [3.8, 4) is 12.3 Å². The minimum atomic E-state index is -0.914. The van der Waals surface area contributed by atoms with Crippen LogP contribution in [0.4, 0.5) is 0 Å². The molecule has 0 bridgehead atoms. The largest absolute Gasteiger partial charge is 0.377 e. The molecule has 0 radical (unpaired) electrons. The Balaban J connectivity index is 1.70. The van der Waals surface area contributed by atoms with Crippen molar-refractivity contribution in [1.82, 2.24) is 0 Å². The number of aliphatic hydroxyl groups is 1. The predicted molar refractivity (Wildman–Crippen MR) is 90.5 cm³/mol. The molecule has 0 aromatic rings. The summed E-state index contributed by atoms with van der Waals surface area (Å²) < 4.78 is 0. The van der Waals surface area contributed by atoms with Gasteiger partial charge in [0, 0.05) is 11.8 Å². The minimum absolute atomic E-state index is 0.120. The van der Waals surface area contributed by atoms with Gasteiger partial charge in [-0.15, -0.1) is 6.42 Å². The van der Waals surface area contributed by atoms with Crippen molar-refractivity contribution in [2.75, 3.05) is 0 Å². The van der Waals surface area contributed by atoms with Gasteiger partial charge in [0.25, 0.3) is 0 Å². The quantitative estimate of drug-likeness (QED) is 0.689. The van der Waals surface area contributed by atoms with Crippen LogP contribution in [0.1, 0.15) is 65.2 Å². The number of carbonyl (C=O) groups is 1. The summed E-state index contributed by atoms with van der Waals surface area (Å²) in [6.07, 6.45) is 15.6. The van der Waals surface area contributed by atoms with Crippen molar-refractivity contribution < 1.29 is 9.90 Å². The molecule has 4 aliphatic rings. The molecule has 0 aromatic carbocycles. The summed E-state index contributed by atoms with van der Waals surface area (Å²) in [7, 11) is 0. The van der Waals surface area contributed by atoms with Gasteiger partial charge in [0.2, 0.25) is 0 Å².